The van der Waals surface area contributed by atoms with E-state index in [9.17, 15) is 0 Å². The van der Waals surface area contributed by atoms with Crippen molar-refractivity contribution in [3.63, 3.8) is 0 Å². The smallest absolute Gasteiger partial charge is 0.132 e. The minimum atomic E-state index is 0.985. The molecule has 1 aromatic rings. The van der Waals surface area contributed by atoms with Crippen molar-refractivity contribution in [3.05, 3.63) is 23.8 Å². The number of thioether (sulfide) groups is 1. The molecule has 1 rings (SSSR count). The van der Waals surface area contributed by atoms with E-state index in [-0.39, 0.29) is 0 Å². The molecule has 0 unspecified atom stereocenters. The van der Waals surface area contributed by atoms with E-state index in [1.807, 2.05) is 0 Å². The van der Waals surface area contributed by atoms with Crippen molar-refractivity contribution < 1.29 is 4.74 Å². The van der Waals surface area contributed by atoms with Crippen LogP contribution >= 0.6 is 11.8 Å². The highest BCUT2D eigenvalue weighted by atomic mass is 32.2. The Balaban J connectivity index is 2.65. The van der Waals surface area contributed by atoms with E-state index >= 15 is 0 Å². The van der Waals surface area contributed by atoms with Crippen LogP contribution in [0.15, 0.2) is 23.1 Å². The summed E-state index contributed by atoms with van der Waals surface area (Å²) in [7, 11) is 3.91. The first-order valence-corrected chi connectivity index (χ1v) is 7.33. The third-order valence-corrected chi connectivity index (χ3v) is 3.57. The lowest BCUT2D eigenvalue weighted by Gasteiger charge is -2.17. The van der Waals surface area contributed by atoms with Gasteiger partial charge in [0.15, 0.2) is 0 Å². The number of hydrogen-bond acceptors (Lipinski definition) is 3. The highest BCUT2D eigenvalue weighted by Gasteiger charge is 2.05. The molecule has 1 aromatic carbocycles. The van der Waals surface area contributed by atoms with Crippen LogP contribution in [-0.4, -0.2) is 31.9 Å². The highest BCUT2D eigenvalue weighted by molar-refractivity contribution is 7.98. The van der Waals surface area contributed by atoms with E-state index in [0.29, 0.717) is 0 Å². The van der Waals surface area contributed by atoms with Gasteiger partial charge in [0.25, 0.3) is 0 Å². The molecule has 17 heavy (non-hydrogen) atoms. The zero-order chi connectivity index (χ0) is 12.7. The van der Waals surface area contributed by atoms with Crippen molar-refractivity contribution in [2.45, 2.75) is 31.2 Å². The van der Waals surface area contributed by atoms with E-state index in [4.69, 9.17) is 4.74 Å². The molecule has 0 radical (unpaired) electrons. The highest BCUT2D eigenvalue weighted by Crippen LogP contribution is 2.28. The second-order valence-electron chi connectivity index (χ2n) is 4.28. The van der Waals surface area contributed by atoms with Crippen LogP contribution in [0, 0.1) is 0 Å². The van der Waals surface area contributed by atoms with Gasteiger partial charge in [-0.3, -0.25) is 0 Å². The van der Waals surface area contributed by atoms with Gasteiger partial charge in [-0.25, -0.2) is 0 Å². The van der Waals surface area contributed by atoms with Gasteiger partial charge in [0.1, 0.15) is 5.75 Å². The zero-order valence-electron chi connectivity index (χ0n) is 11.3. The first-order chi connectivity index (χ1) is 8.21. The SMILES string of the molecule is CCCCN(C)Cc1ccc(SC)c(OC)c1. The monoisotopic (exact) mass is 253 g/mol. The number of benzene rings is 1. The van der Waals surface area contributed by atoms with Crippen molar-refractivity contribution in [2.24, 2.45) is 0 Å². The first kappa shape index (κ1) is 14.4. The number of unbranched alkanes of at least 4 members (excludes halogenated alkanes) is 1. The minimum absolute atomic E-state index is 0.985. The Labute approximate surface area is 109 Å². The molecule has 0 aliphatic rings. The predicted molar refractivity (Wildman–Crippen MR) is 76.0 cm³/mol. The molecule has 0 spiro atoms. The number of methoxy groups -OCH3 is 1. The molecule has 0 aliphatic heterocycles. The average molecular weight is 253 g/mol. The normalized spacial score (nSPS) is 10.9. The zero-order valence-corrected chi connectivity index (χ0v) is 12.1. The number of hydrogen-bond donors (Lipinski definition) is 0. The third-order valence-electron chi connectivity index (χ3n) is 2.79. The number of ether oxygens (including phenoxy) is 1. The molecule has 96 valence electrons. The minimum Gasteiger partial charge on any atom is -0.496 e. The Morgan fingerprint density at radius 1 is 1.35 bits per heavy atom. The summed E-state index contributed by atoms with van der Waals surface area (Å²) in [4.78, 5) is 3.56. The Bertz CT molecular complexity index is 341. The van der Waals surface area contributed by atoms with E-state index < -0.39 is 0 Å². The van der Waals surface area contributed by atoms with Crippen LogP contribution in [0.2, 0.25) is 0 Å². The second kappa shape index (κ2) is 7.62. The summed E-state index contributed by atoms with van der Waals surface area (Å²) in [6.07, 6.45) is 4.58. The lowest BCUT2D eigenvalue weighted by Crippen LogP contribution is -2.18. The molecular weight excluding hydrogens is 230 g/mol. The third kappa shape index (κ3) is 4.60. The molecule has 0 saturated heterocycles. The van der Waals surface area contributed by atoms with Crippen LogP contribution in [0.3, 0.4) is 0 Å². The van der Waals surface area contributed by atoms with Gasteiger partial charge in [-0.15, -0.1) is 11.8 Å². The van der Waals surface area contributed by atoms with Crippen LogP contribution in [0.5, 0.6) is 5.75 Å². The van der Waals surface area contributed by atoms with Gasteiger partial charge in [-0.1, -0.05) is 19.4 Å². The molecule has 0 amide bonds. The predicted octanol–water partition coefficient (Wildman–Crippen LogP) is 3.65. The Morgan fingerprint density at radius 2 is 2.12 bits per heavy atom. The molecule has 0 aliphatic carbocycles. The van der Waals surface area contributed by atoms with Gasteiger partial charge in [-0.2, -0.15) is 0 Å². The van der Waals surface area contributed by atoms with Crippen molar-refractivity contribution >= 4 is 11.8 Å². The van der Waals surface area contributed by atoms with Crippen LogP contribution < -0.4 is 4.74 Å². The van der Waals surface area contributed by atoms with Gasteiger partial charge in [0.05, 0.1) is 7.11 Å². The Hall–Kier alpha value is -0.670. The summed E-state index contributed by atoms with van der Waals surface area (Å²) in [6.45, 7) is 4.37. The summed E-state index contributed by atoms with van der Waals surface area (Å²) >= 11 is 1.72. The summed E-state index contributed by atoms with van der Waals surface area (Å²) in [6, 6.07) is 6.48. The summed E-state index contributed by atoms with van der Waals surface area (Å²) in [5.41, 5.74) is 1.32. The summed E-state index contributed by atoms with van der Waals surface area (Å²) in [5.74, 6) is 0.985. The van der Waals surface area contributed by atoms with Crippen LogP contribution in [0.1, 0.15) is 25.3 Å². The maximum atomic E-state index is 5.40. The van der Waals surface area contributed by atoms with E-state index in [1.165, 1.54) is 23.3 Å². The summed E-state index contributed by atoms with van der Waals surface area (Å²) < 4.78 is 5.40. The fraction of sp³-hybridized carbons (Fsp3) is 0.571. The van der Waals surface area contributed by atoms with Gasteiger partial charge in [-0.05, 0) is 44.0 Å². The van der Waals surface area contributed by atoms with Crippen LogP contribution in [-0.2, 0) is 6.54 Å². The fourth-order valence-electron chi connectivity index (χ4n) is 1.80. The van der Waals surface area contributed by atoms with Gasteiger partial charge in [0, 0.05) is 11.4 Å². The van der Waals surface area contributed by atoms with Crippen molar-refractivity contribution in [2.75, 3.05) is 27.0 Å². The van der Waals surface area contributed by atoms with Gasteiger partial charge in [0.2, 0.25) is 0 Å². The first-order valence-electron chi connectivity index (χ1n) is 6.10. The molecule has 3 heteroatoms. The summed E-state index contributed by atoms with van der Waals surface area (Å²) in [5, 5.41) is 0. The van der Waals surface area contributed by atoms with E-state index in [1.54, 1.807) is 18.9 Å². The molecule has 0 atom stereocenters. The molecule has 0 bridgehead atoms. The Kier molecular flexibility index (Phi) is 6.45. The Morgan fingerprint density at radius 3 is 2.71 bits per heavy atom. The number of rotatable bonds is 7. The van der Waals surface area contributed by atoms with Crippen molar-refractivity contribution in [1.29, 1.82) is 0 Å². The second-order valence-corrected chi connectivity index (χ2v) is 5.13. The molecule has 0 fully saturated rings. The molecule has 0 saturated carbocycles. The van der Waals surface area contributed by atoms with E-state index in [0.717, 1.165) is 18.8 Å². The maximum Gasteiger partial charge on any atom is 0.132 e. The van der Waals surface area contributed by atoms with E-state index in [2.05, 4.69) is 43.3 Å². The maximum absolute atomic E-state index is 5.40. The lowest BCUT2D eigenvalue weighted by molar-refractivity contribution is 0.319. The quantitative estimate of drug-likeness (QED) is 0.688. The van der Waals surface area contributed by atoms with Crippen LogP contribution in [0.4, 0.5) is 0 Å². The number of nitrogens with zero attached hydrogens (tertiary/aromatic N) is 1. The average Bonchev–Trinajstić information content (AvgIpc) is 2.36. The largest absolute Gasteiger partial charge is 0.496 e. The lowest BCUT2D eigenvalue weighted by atomic mass is 10.2. The molecule has 0 heterocycles. The van der Waals surface area contributed by atoms with Gasteiger partial charge < -0.3 is 9.64 Å². The molecule has 0 N–H and O–H groups in total. The van der Waals surface area contributed by atoms with Crippen molar-refractivity contribution in [1.82, 2.24) is 4.90 Å². The molecular formula is C14H23NOS. The fourth-order valence-corrected chi connectivity index (χ4v) is 2.35. The standard InChI is InChI=1S/C14H23NOS/c1-5-6-9-15(2)11-12-7-8-14(17-4)13(10-12)16-3/h7-8,10H,5-6,9,11H2,1-4H3. The molecule has 2 nitrogen and oxygen atoms in total. The van der Waals surface area contributed by atoms with Crippen LogP contribution in [0.25, 0.3) is 0 Å². The van der Waals surface area contributed by atoms with Gasteiger partial charge >= 0.3 is 0 Å². The topological polar surface area (TPSA) is 12.5 Å². The molecule has 0 aromatic heterocycles. The van der Waals surface area contributed by atoms with Crippen molar-refractivity contribution in [3.8, 4) is 5.75 Å².